The predicted octanol–water partition coefficient (Wildman–Crippen LogP) is 1.40. The third kappa shape index (κ3) is 5.13. The van der Waals surface area contributed by atoms with E-state index in [9.17, 15) is 9.59 Å². The first-order valence-corrected chi connectivity index (χ1v) is 8.68. The topological polar surface area (TPSA) is 97.6 Å². The zero-order valence-corrected chi connectivity index (χ0v) is 14.5. The van der Waals surface area contributed by atoms with Gasteiger partial charge in [0.15, 0.2) is 0 Å². The van der Waals surface area contributed by atoms with E-state index in [4.69, 9.17) is 9.15 Å². The highest BCUT2D eigenvalue weighted by Crippen LogP contribution is 2.15. The Balaban J connectivity index is 1.55. The smallest absolute Gasteiger partial charge is 0.274 e. The van der Waals surface area contributed by atoms with Gasteiger partial charge in [0.05, 0.1) is 25.1 Å². The number of nitrogens with one attached hydrogen (secondary N) is 1. The molecule has 0 spiro atoms. The Kier molecular flexibility index (Phi) is 6.32. The van der Waals surface area contributed by atoms with Gasteiger partial charge in [-0.15, -0.1) is 0 Å². The summed E-state index contributed by atoms with van der Waals surface area (Å²) in [5.41, 5.74) is 0.265. The van der Waals surface area contributed by atoms with Crippen molar-refractivity contribution in [1.29, 1.82) is 0 Å². The minimum Gasteiger partial charge on any atom is -0.467 e. The van der Waals surface area contributed by atoms with Gasteiger partial charge in [-0.3, -0.25) is 14.6 Å². The summed E-state index contributed by atoms with van der Waals surface area (Å²) in [5.74, 6) is 0.295. The largest absolute Gasteiger partial charge is 0.467 e. The summed E-state index contributed by atoms with van der Waals surface area (Å²) in [5, 5.41) is 2.78. The Bertz CT molecular complexity index is 699. The fraction of sp³-hybridized carbons (Fsp3) is 0.444. The van der Waals surface area contributed by atoms with Crippen LogP contribution in [0.5, 0.6) is 0 Å². The number of nitrogens with zero attached hydrogens (tertiary/aromatic N) is 3. The van der Waals surface area contributed by atoms with Crippen LogP contribution in [0, 0.1) is 0 Å². The van der Waals surface area contributed by atoms with E-state index in [-0.39, 0.29) is 30.0 Å². The first-order chi connectivity index (χ1) is 12.7. The SMILES string of the molecule is O=C(CCN(CC1CCCO1)C(=O)c1cnccn1)NCc1ccco1. The van der Waals surface area contributed by atoms with Crippen molar-refractivity contribution in [2.24, 2.45) is 0 Å². The van der Waals surface area contributed by atoms with Crippen LogP contribution in [-0.4, -0.2) is 52.5 Å². The number of carbonyl (C=O) groups excluding carboxylic acids is 2. The monoisotopic (exact) mass is 358 g/mol. The third-order valence-electron chi connectivity index (χ3n) is 4.17. The fourth-order valence-corrected chi connectivity index (χ4v) is 2.81. The van der Waals surface area contributed by atoms with E-state index >= 15 is 0 Å². The molecule has 26 heavy (non-hydrogen) atoms. The molecule has 2 amide bonds. The van der Waals surface area contributed by atoms with Gasteiger partial charge < -0.3 is 19.4 Å². The van der Waals surface area contributed by atoms with Gasteiger partial charge in [-0.1, -0.05) is 0 Å². The summed E-state index contributed by atoms with van der Waals surface area (Å²) in [7, 11) is 0. The van der Waals surface area contributed by atoms with Crippen molar-refractivity contribution in [2.45, 2.75) is 31.9 Å². The number of rotatable bonds is 8. The molecule has 0 aromatic carbocycles. The number of hydrogen-bond acceptors (Lipinski definition) is 6. The second-order valence-electron chi connectivity index (χ2n) is 6.08. The summed E-state index contributed by atoms with van der Waals surface area (Å²) >= 11 is 0. The van der Waals surface area contributed by atoms with Gasteiger partial charge in [0.25, 0.3) is 5.91 Å². The van der Waals surface area contributed by atoms with Crippen LogP contribution in [-0.2, 0) is 16.1 Å². The molecule has 1 fully saturated rings. The van der Waals surface area contributed by atoms with E-state index in [1.807, 2.05) is 0 Å². The van der Waals surface area contributed by atoms with Crippen LogP contribution >= 0.6 is 0 Å². The van der Waals surface area contributed by atoms with Crippen molar-refractivity contribution in [3.8, 4) is 0 Å². The average molecular weight is 358 g/mol. The zero-order valence-electron chi connectivity index (χ0n) is 14.5. The normalized spacial score (nSPS) is 16.4. The van der Waals surface area contributed by atoms with Crippen molar-refractivity contribution in [2.75, 3.05) is 19.7 Å². The molecule has 1 aliphatic rings. The van der Waals surface area contributed by atoms with Crippen LogP contribution in [0.3, 0.4) is 0 Å². The molecule has 3 heterocycles. The van der Waals surface area contributed by atoms with Gasteiger partial charge in [-0.25, -0.2) is 4.98 Å². The van der Waals surface area contributed by atoms with Gasteiger partial charge in [0, 0.05) is 38.5 Å². The quantitative estimate of drug-likeness (QED) is 0.766. The molecule has 8 nitrogen and oxygen atoms in total. The molecular formula is C18H22N4O4. The molecule has 1 unspecified atom stereocenters. The van der Waals surface area contributed by atoms with E-state index < -0.39 is 0 Å². The second kappa shape index (κ2) is 9.10. The Labute approximate surface area is 151 Å². The molecule has 0 saturated carbocycles. The van der Waals surface area contributed by atoms with Crippen LogP contribution in [0.1, 0.15) is 35.5 Å². The average Bonchev–Trinajstić information content (AvgIpc) is 3.37. The molecule has 1 atom stereocenters. The minimum absolute atomic E-state index is 0.00167. The predicted molar refractivity (Wildman–Crippen MR) is 92.1 cm³/mol. The fourth-order valence-electron chi connectivity index (χ4n) is 2.81. The van der Waals surface area contributed by atoms with Gasteiger partial charge in [-0.2, -0.15) is 0 Å². The van der Waals surface area contributed by atoms with E-state index in [0.29, 0.717) is 32.0 Å². The summed E-state index contributed by atoms with van der Waals surface area (Å²) in [6.07, 6.45) is 8.08. The maximum absolute atomic E-state index is 12.7. The van der Waals surface area contributed by atoms with Crippen LogP contribution in [0.25, 0.3) is 0 Å². The van der Waals surface area contributed by atoms with E-state index in [1.165, 1.54) is 18.6 Å². The summed E-state index contributed by atoms with van der Waals surface area (Å²) in [6, 6.07) is 3.56. The third-order valence-corrected chi connectivity index (χ3v) is 4.17. The molecule has 2 aromatic heterocycles. The van der Waals surface area contributed by atoms with Gasteiger partial charge >= 0.3 is 0 Å². The molecule has 8 heteroatoms. The van der Waals surface area contributed by atoms with E-state index in [1.54, 1.807) is 23.3 Å². The first kappa shape index (κ1) is 18.1. The summed E-state index contributed by atoms with van der Waals surface area (Å²) in [4.78, 5) is 34.4. The summed E-state index contributed by atoms with van der Waals surface area (Å²) < 4.78 is 10.8. The number of hydrogen-bond donors (Lipinski definition) is 1. The van der Waals surface area contributed by atoms with Crippen LogP contribution in [0.2, 0.25) is 0 Å². The molecule has 138 valence electrons. The highest BCUT2D eigenvalue weighted by molar-refractivity contribution is 5.92. The van der Waals surface area contributed by atoms with Gasteiger partial charge in [0.1, 0.15) is 11.5 Å². The molecule has 0 aliphatic carbocycles. The number of aromatic nitrogens is 2. The standard InChI is InChI=1S/C18H22N4O4/c23-17(21-11-14-3-1-9-25-14)5-8-22(13-15-4-2-10-26-15)18(24)16-12-19-6-7-20-16/h1,3,6-7,9,12,15H,2,4-5,8,10-11,13H2,(H,21,23). The molecule has 1 N–H and O–H groups in total. The minimum atomic E-state index is -0.243. The van der Waals surface area contributed by atoms with Crippen molar-refractivity contribution < 1.29 is 18.7 Å². The van der Waals surface area contributed by atoms with Crippen LogP contribution in [0.4, 0.5) is 0 Å². The molecule has 0 bridgehead atoms. The Hall–Kier alpha value is -2.74. The lowest BCUT2D eigenvalue weighted by Crippen LogP contribution is -2.40. The van der Waals surface area contributed by atoms with Gasteiger partial charge in [-0.05, 0) is 25.0 Å². The molecular weight excluding hydrogens is 336 g/mol. The molecule has 2 aromatic rings. The number of furan rings is 1. The van der Waals surface area contributed by atoms with Gasteiger partial charge in [0.2, 0.25) is 5.91 Å². The lowest BCUT2D eigenvalue weighted by molar-refractivity contribution is -0.121. The first-order valence-electron chi connectivity index (χ1n) is 8.68. The number of carbonyl (C=O) groups is 2. The maximum atomic E-state index is 12.7. The highest BCUT2D eigenvalue weighted by Gasteiger charge is 2.24. The maximum Gasteiger partial charge on any atom is 0.274 e. The second-order valence-corrected chi connectivity index (χ2v) is 6.08. The van der Waals surface area contributed by atoms with Crippen molar-refractivity contribution in [3.05, 3.63) is 48.4 Å². The Morgan fingerprint density at radius 2 is 2.27 bits per heavy atom. The summed E-state index contributed by atoms with van der Waals surface area (Å²) in [6.45, 7) is 1.78. The van der Waals surface area contributed by atoms with Crippen molar-refractivity contribution >= 4 is 11.8 Å². The number of amides is 2. The lowest BCUT2D eigenvalue weighted by Gasteiger charge is -2.25. The molecule has 3 rings (SSSR count). The lowest BCUT2D eigenvalue weighted by atomic mass is 10.2. The van der Waals surface area contributed by atoms with Crippen LogP contribution < -0.4 is 5.32 Å². The van der Waals surface area contributed by atoms with E-state index in [0.717, 1.165) is 12.8 Å². The van der Waals surface area contributed by atoms with E-state index in [2.05, 4.69) is 15.3 Å². The van der Waals surface area contributed by atoms with Crippen molar-refractivity contribution in [1.82, 2.24) is 20.2 Å². The zero-order chi connectivity index (χ0) is 18.2. The number of ether oxygens (including phenoxy) is 1. The van der Waals surface area contributed by atoms with Crippen LogP contribution in [0.15, 0.2) is 41.4 Å². The highest BCUT2D eigenvalue weighted by atomic mass is 16.5. The Morgan fingerprint density at radius 3 is 2.96 bits per heavy atom. The Morgan fingerprint density at radius 1 is 1.35 bits per heavy atom. The van der Waals surface area contributed by atoms with Crippen molar-refractivity contribution in [3.63, 3.8) is 0 Å². The molecule has 1 aliphatic heterocycles. The molecule has 1 saturated heterocycles. The molecule has 0 radical (unpaired) electrons.